The lowest BCUT2D eigenvalue weighted by Crippen LogP contribution is -2.60. The summed E-state index contributed by atoms with van der Waals surface area (Å²) in [6, 6.07) is 12.1. The van der Waals surface area contributed by atoms with Gasteiger partial charge in [-0.25, -0.2) is 9.59 Å². The number of hydrogen-bond acceptors (Lipinski definition) is 11. The first-order valence-corrected chi connectivity index (χ1v) is 46.1. The van der Waals surface area contributed by atoms with Crippen molar-refractivity contribution < 1.29 is 47.4 Å². The Kier molecular flexibility index (Phi) is 21.5. The number of halogens is 1. The molecule has 10 saturated carbocycles. The highest BCUT2D eigenvalue weighted by molar-refractivity contribution is 6.74. The molecule has 13 nitrogen and oxygen atoms in total. The Morgan fingerprint density at radius 3 is 1.34 bits per heavy atom. The molecule has 4 spiro atoms. The molecule has 13 rings (SSSR count). The number of aliphatic hydroxyl groups excluding tert-OH is 1. The summed E-state index contributed by atoms with van der Waals surface area (Å²) in [5, 5.41) is 24.2. The molecule has 1 aromatic carbocycles. The summed E-state index contributed by atoms with van der Waals surface area (Å²) in [5.41, 5.74) is 2.59. The van der Waals surface area contributed by atoms with E-state index in [0.717, 1.165) is 42.4 Å². The normalized spacial score (nSPS) is 45.2. The molecular formula is C83H139ClN2O11Si2. The number of amides is 1. The van der Waals surface area contributed by atoms with Gasteiger partial charge < -0.3 is 38.2 Å². The number of nitrogens with one attached hydrogen (secondary N) is 1. The van der Waals surface area contributed by atoms with Crippen molar-refractivity contribution >= 4 is 45.4 Å². The summed E-state index contributed by atoms with van der Waals surface area (Å²) in [6.07, 6.45) is 21.0. The van der Waals surface area contributed by atoms with Crippen molar-refractivity contribution in [1.29, 1.82) is 0 Å². The van der Waals surface area contributed by atoms with E-state index in [-0.39, 0.29) is 93.8 Å². The number of carbonyl (C=O) groups excluding carboxylic acids is 2. The molecule has 0 aromatic heterocycles. The number of carbonyl (C=O) groups is 2. The number of benzene rings is 1. The minimum Gasteiger partial charge on any atom is -0.443 e. The van der Waals surface area contributed by atoms with Crippen LogP contribution in [-0.2, 0) is 23.1 Å². The maximum atomic E-state index is 12.5. The van der Waals surface area contributed by atoms with Crippen LogP contribution in [-0.4, -0.2) is 94.1 Å². The first-order chi connectivity index (χ1) is 46.3. The van der Waals surface area contributed by atoms with Crippen molar-refractivity contribution in [3.8, 4) is 5.75 Å². The minimum absolute atomic E-state index is 0.0604. The van der Waals surface area contributed by atoms with Gasteiger partial charge >= 0.3 is 11.5 Å². The van der Waals surface area contributed by atoms with Crippen molar-refractivity contribution in [2.45, 2.75) is 340 Å². The van der Waals surface area contributed by atoms with E-state index in [1.54, 1.807) is 7.05 Å². The van der Waals surface area contributed by atoms with Crippen LogP contribution in [0.5, 0.6) is 5.75 Å². The third-order valence-corrected chi connectivity index (χ3v) is 44.4. The molecule has 12 aliphatic rings. The van der Waals surface area contributed by atoms with Crippen LogP contribution in [0.4, 0.5) is 15.3 Å². The largest absolute Gasteiger partial charge is 0.443 e. The number of rotatable bonds is 17. The van der Waals surface area contributed by atoms with Crippen molar-refractivity contribution in [3.05, 3.63) is 34.4 Å². The molecule has 562 valence electrons. The zero-order valence-electron chi connectivity index (χ0n) is 66.3. The van der Waals surface area contributed by atoms with Crippen LogP contribution >= 0.6 is 11.6 Å². The first-order valence-electron chi connectivity index (χ1n) is 40.7. The molecule has 10 aliphatic carbocycles. The highest BCUT2D eigenvalue weighted by Crippen LogP contribution is 2.92. The number of non-ortho nitro benzene ring substituents is 1. The fourth-order valence-electron chi connectivity index (χ4n) is 28.3. The van der Waals surface area contributed by atoms with Crippen LogP contribution in [0.2, 0.25) is 36.3 Å². The van der Waals surface area contributed by atoms with E-state index >= 15 is 0 Å². The molecule has 26 atom stereocenters. The Balaban J connectivity index is 0.000000170. The Labute approximate surface area is 607 Å². The number of nitrogens with zero attached hydrogens (tertiary/aromatic N) is 1. The van der Waals surface area contributed by atoms with E-state index in [9.17, 15) is 24.8 Å². The van der Waals surface area contributed by atoms with Gasteiger partial charge in [-0.1, -0.05) is 152 Å². The SMILES string of the molecule is CC[Si](CC)(CC)O[C@H]1[C@H]2O[C@@H]([C@H](O)C(C)C)C[C@@H](C)[C@@H]2[C@@]2(C)CC[C@@]34CC35CC[C@H](C)C(C)(C)[C@@H]5CC[C@H]4[C@]12C.CC[Si](CC)(CC)O[C@H]1[C@H]2O[C@@H]([C@H](OC(=O)NC)C(C)C)C[C@@H](C)[C@@H]2[C@@]2(C)CC[C@@]34CC35CC[C@H](C)C(C)(C)[C@@H]5CC[C@H]4[C@]12C.O=C(Cl)Oc1ccc([N+](=O)[O-])cc1. The van der Waals surface area contributed by atoms with Gasteiger partial charge in [0.15, 0.2) is 16.6 Å². The lowest BCUT2D eigenvalue weighted by atomic mass is 9.41. The zero-order chi connectivity index (χ0) is 72.8. The Hall–Kier alpha value is -2.12. The van der Waals surface area contributed by atoms with E-state index in [1.807, 2.05) is 0 Å². The summed E-state index contributed by atoms with van der Waals surface area (Å²) in [4.78, 5) is 32.4. The standard InChI is InChI=1S/C39H69NO4Si.C37H66O3Si.C7H4ClNO4/c1-13-45(14-2,15-3)44-33-32-30(25(6)22-27(42-32)31(24(4)5)43-34(41)40-12)36(10)20-21-39-23-38(39)19-18-26(7)35(8,9)28(38)16-17-29(39)37(33,36)11;1-12-41(13-2,14-3)40-32-31-29(24(6)21-26(39-31)30(38)23(4)5)34(10)19-20-37-22-36(37)18-17-25(7)33(8,9)27(36)15-16-28(37)35(32,34)11;8-7(10)13-6-3-1-5(2-4-6)9(11)12/h24-33H,13-23H2,1-12H3,(H,40,41);23-32,38H,12-22H2,1-11H3;1-4H/t25-,26+,27-,28+,29+,30+,31-,32+,33+,36-,37-,38?,39+;24-,25+,26-,27+,28+,29+,30-,31+,32+,34-,35-,36?,37+;/m11./s1. The minimum atomic E-state index is -1.95. The molecule has 2 saturated heterocycles. The number of fused-ring (bicyclic) bond motifs is 8. The maximum Gasteiger partial charge on any atom is 0.409 e. The third-order valence-electron chi connectivity index (χ3n) is 35.1. The molecule has 2 unspecified atom stereocenters. The van der Waals surface area contributed by atoms with Gasteiger partial charge in [-0.2, -0.15) is 0 Å². The van der Waals surface area contributed by atoms with Gasteiger partial charge in [-0.15, -0.1) is 0 Å². The Morgan fingerprint density at radius 2 is 0.980 bits per heavy atom. The van der Waals surface area contributed by atoms with E-state index in [0.29, 0.717) is 62.1 Å². The Morgan fingerprint density at radius 1 is 0.596 bits per heavy atom. The summed E-state index contributed by atoms with van der Waals surface area (Å²) in [5.74, 6) is 7.48. The highest BCUT2D eigenvalue weighted by atomic mass is 35.5. The highest BCUT2D eigenvalue weighted by Gasteiger charge is 2.87. The average Bonchev–Trinajstić information content (AvgIpc) is 1.47. The number of ether oxygens (including phenoxy) is 4. The summed E-state index contributed by atoms with van der Waals surface area (Å²) in [6.45, 7) is 54.4. The van der Waals surface area contributed by atoms with Gasteiger partial charge in [-0.3, -0.25) is 10.1 Å². The maximum absolute atomic E-state index is 12.5. The van der Waals surface area contributed by atoms with Crippen LogP contribution in [0.25, 0.3) is 0 Å². The second kappa shape index (κ2) is 27.3. The second-order valence-corrected chi connectivity index (χ2v) is 48.5. The van der Waals surface area contributed by atoms with Crippen LogP contribution in [0.1, 0.15) is 255 Å². The predicted molar refractivity (Wildman–Crippen MR) is 403 cm³/mol. The van der Waals surface area contributed by atoms with Crippen LogP contribution < -0.4 is 10.1 Å². The third kappa shape index (κ3) is 11.6. The Bertz CT molecular complexity index is 3070. The molecule has 16 heteroatoms. The van der Waals surface area contributed by atoms with Crippen LogP contribution in [0, 0.1) is 135 Å². The van der Waals surface area contributed by atoms with Gasteiger partial charge in [0.2, 0.25) is 0 Å². The van der Waals surface area contributed by atoms with Crippen molar-refractivity contribution in [3.63, 3.8) is 0 Å². The van der Waals surface area contributed by atoms with Crippen molar-refractivity contribution in [2.24, 2.45) is 125 Å². The lowest BCUT2D eigenvalue weighted by Gasteiger charge is -2.64. The molecule has 2 heterocycles. The number of hydrogen-bond donors (Lipinski definition) is 2. The zero-order valence-corrected chi connectivity index (χ0v) is 69.0. The topological polar surface area (TPSA) is 165 Å². The molecule has 1 amide bonds. The van der Waals surface area contributed by atoms with Gasteiger partial charge in [0.25, 0.3) is 5.69 Å². The van der Waals surface area contributed by atoms with Crippen molar-refractivity contribution in [2.75, 3.05) is 7.05 Å². The molecule has 99 heavy (non-hydrogen) atoms. The second-order valence-electron chi connectivity index (χ2n) is 38.8. The number of nitro groups is 1. The van der Waals surface area contributed by atoms with Gasteiger partial charge in [0.05, 0.1) is 47.7 Å². The fourth-order valence-corrected chi connectivity index (χ4v) is 34.2. The predicted octanol–water partition coefficient (Wildman–Crippen LogP) is 21.7. The quantitative estimate of drug-likeness (QED) is 0.0660. The fraction of sp³-hybridized carbons (Fsp3) is 0.904. The average molecular weight is 1430 g/mol. The smallest absolute Gasteiger partial charge is 0.409 e. The number of aliphatic hydroxyl groups is 1. The number of nitro benzene ring substituents is 1. The van der Waals surface area contributed by atoms with E-state index in [2.05, 4.69) is 162 Å². The molecule has 2 aliphatic heterocycles. The monoisotopic (exact) mass is 1430 g/mol. The summed E-state index contributed by atoms with van der Waals surface area (Å²) < 4.78 is 40.9. The molecule has 0 bridgehead atoms. The first kappa shape index (κ1) is 78.0. The van der Waals surface area contributed by atoms with E-state index < -0.39 is 33.1 Å². The molecular weight excluding hydrogens is 1290 g/mol. The molecule has 1 aromatic rings. The van der Waals surface area contributed by atoms with Crippen molar-refractivity contribution in [1.82, 2.24) is 5.32 Å². The van der Waals surface area contributed by atoms with E-state index in [1.165, 1.54) is 150 Å². The molecule has 12 fully saturated rings. The van der Waals surface area contributed by atoms with Crippen LogP contribution in [0.15, 0.2) is 24.3 Å². The number of alkyl carbamates (subject to hydrolysis) is 1. The van der Waals surface area contributed by atoms with Gasteiger partial charge in [0, 0.05) is 41.6 Å². The molecule has 0 radical (unpaired) electrons. The van der Waals surface area contributed by atoms with E-state index in [4.69, 9.17) is 34.7 Å². The van der Waals surface area contributed by atoms with Crippen LogP contribution in [0.3, 0.4) is 0 Å². The van der Waals surface area contributed by atoms with Gasteiger partial charge in [0.1, 0.15) is 11.9 Å². The van der Waals surface area contributed by atoms with Gasteiger partial charge in [-0.05, 0) is 265 Å². The molecule has 2 N–H and O–H groups in total. The summed E-state index contributed by atoms with van der Waals surface area (Å²) in [7, 11) is -2.18. The summed E-state index contributed by atoms with van der Waals surface area (Å²) >= 11 is 4.92. The lowest BCUT2D eigenvalue weighted by molar-refractivity contribution is -0.384.